The number of aromatic nitrogens is 3. The number of aromatic hydroxyl groups is 1. The molecular weight excluding hydrogens is 376 g/mol. The Balaban J connectivity index is 1.61. The van der Waals surface area contributed by atoms with E-state index in [1.54, 1.807) is 18.5 Å². The summed E-state index contributed by atoms with van der Waals surface area (Å²) in [6.45, 7) is 1.94. The van der Waals surface area contributed by atoms with Gasteiger partial charge in [-0.15, -0.1) is 0 Å². The average Bonchev–Trinajstić information content (AvgIpc) is 2.70. The van der Waals surface area contributed by atoms with Gasteiger partial charge in [-0.25, -0.2) is 0 Å². The predicted molar refractivity (Wildman–Crippen MR) is 110 cm³/mol. The van der Waals surface area contributed by atoms with Gasteiger partial charge in [-0.3, -0.25) is 4.98 Å². The van der Waals surface area contributed by atoms with Crippen molar-refractivity contribution in [1.29, 1.82) is 0 Å². The summed E-state index contributed by atoms with van der Waals surface area (Å²) in [6.07, 6.45) is 3.13. The molecule has 2 heterocycles. The lowest BCUT2D eigenvalue weighted by Crippen LogP contribution is -2.09. The zero-order valence-electron chi connectivity index (χ0n) is 15.3. The Morgan fingerprint density at radius 1 is 1.00 bits per heavy atom. The van der Waals surface area contributed by atoms with Crippen molar-refractivity contribution in [2.75, 3.05) is 11.9 Å². The van der Waals surface area contributed by atoms with Crippen LogP contribution in [0.2, 0.25) is 5.02 Å². The Hall–Kier alpha value is -3.38. The van der Waals surface area contributed by atoms with E-state index in [1.807, 2.05) is 56.4 Å². The summed E-state index contributed by atoms with van der Waals surface area (Å²) in [4.78, 5) is 14.4. The number of halogens is 1. The van der Waals surface area contributed by atoms with Crippen LogP contribution < -0.4 is 9.64 Å². The van der Waals surface area contributed by atoms with E-state index in [4.69, 9.17) is 16.3 Å². The molecule has 0 aliphatic rings. The second-order valence-electron chi connectivity index (χ2n) is 6.31. The highest BCUT2D eigenvalue weighted by atomic mass is 35.5. The maximum Gasteiger partial charge on any atom is 0.325 e. The molecule has 0 spiro atoms. The highest BCUT2D eigenvalue weighted by Crippen LogP contribution is 2.32. The Morgan fingerprint density at radius 2 is 1.75 bits per heavy atom. The summed E-state index contributed by atoms with van der Waals surface area (Å²) in [5, 5.41) is 11.3. The Morgan fingerprint density at radius 3 is 2.50 bits per heavy atom. The maximum absolute atomic E-state index is 10.1. The van der Waals surface area contributed by atoms with Crippen molar-refractivity contribution in [1.82, 2.24) is 15.0 Å². The van der Waals surface area contributed by atoms with E-state index >= 15 is 0 Å². The van der Waals surface area contributed by atoms with Crippen LogP contribution in [-0.2, 0) is 0 Å². The number of rotatable bonds is 4. The van der Waals surface area contributed by atoms with Gasteiger partial charge in [0.15, 0.2) is 0 Å². The monoisotopic (exact) mass is 392 g/mol. The van der Waals surface area contributed by atoms with Crippen molar-refractivity contribution in [3.63, 3.8) is 0 Å². The van der Waals surface area contributed by atoms with Crippen LogP contribution >= 0.6 is 11.6 Å². The highest BCUT2D eigenvalue weighted by molar-refractivity contribution is 6.30. The van der Waals surface area contributed by atoms with Crippen LogP contribution in [0.15, 0.2) is 60.9 Å². The molecule has 0 aliphatic carbocycles. The number of nitrogens with zero attached hydrogens (tertiary/aromatic N) is 4. The first-order chi connectivity index (χ1) is 13.5. The number of anilines is 2. The van der Waals surface area contributed by atoms with Gasteiger partial charge in [-0.2, -0.15) is 9.97 Å². The molecule has 28 heavy (non-hydrogen) atoms. The first-order valence-corrected chi connectivity index (χ1v) is 8.97. The van der Waals surface area contributed by atoms with Crippen LogP contribution in [0.25, 0.3) is 10.9 Å². The van der Waals surface area contributed by atoms with Crippen LogP contribution in [-0.4, -0.2) is 27.1 Å². The molecule has 140 valence electrons. The van der Waals surface area contributed by atoms with E-state index in [0.717, 1.165) is 16.9 Å². The molecule has 0 aliphatic heterocycles. The van der Waals surface area contributed by atoms with Gasteiger partial charge in [0.2, 0.25) is 5.88 Å². The molecule has 1 N–H and O–H groups in total. The molecule has 6 nitrogen and oxygen atoms in total. The Bertz CT molecular complexity index is 1150. The highest BCUT2D eigenvalue weighted by Gasteiger charge is 2.11. The topological polar surface area (TPSA) is 71.4 Å². The van der Waals surface area contributed by atoms with Gasteiger partial charge >= 0.3 is 6.01 Å². The van der Waals surface area contributed by atoms with Crippen LogP contribution in [0.5, 0.6) is 17.6 Å². The van der Waals surface area contributed by atoms with E-state index in [2.05, 4.69) is 19.9 Å². The molecule has 0 saturated carbocycles. The summed E-state index contributed by atoms with van der Waals surface area (Å²) in [7, 11) is 1.98. The minimum Gasteiger partial charge on any atom is -0.493 e. The van der Waals surface area contributed by atoms with Crippen LogP contribution in [0.4, 0.5) is 11.4 Å². The van der Waals surface area contributed by atoms with Crippen LogP contribution in [0, 0.1) is 6.92 Å². The van der Waals surface area contributed by atoms with Crippen molar-refractivity contribution in [3.05, 3.63) is 71.5 Å². The Kier molecular flexibility index (Phi) is 4.71. The minimum atomic E-state index is -0.140. The zero-order chi connectivity index (χ0) is 19.7. The number of hydrogen-bond donors (Lipinski definition) is 1. The van der Waals surface area contributed by atoms with Crippen molar-refractivity contribution in [3.8, 4) is 17.6 Å². The molecule has 7 heteroatoms. The van der Waals surface area contributed by atoms with E-state index in [9.17, 15) is 5.11 Å². The SMILES string of the molecule is Cc1cc(N(C)c2ccc(Cl)cc2)ccc1Oc1nc(O)c2ccncc2n1. The first-order valence-electron chi connectivity index (χ1n) is 8.60. The third-order valence-corrected chi connectivity index (χ3v) is 4.67. The number of hydrogen-bond acceptors (Lipinski definition) is 6. The lowest BCUT2D eigenvalue weighted by molar-refractivity contribution is 0.410. The molecule has 0 saturated heterocycles. The van der Waals surface area contributed by atoms with Gasteiger partial charge in [0.05, 0.1) is 17.1 Å². The number of pyridine rings is 1. The first kappa shape index (κ1) is 18.0. The molecule has 2 aromatic heterocycles. The van der Waals surface area contributed by atoms with Gasteiger partial charge in [0.1, 0.15) is 5.75 Å². The van der Waals surface area contributed by atoms with E-state index < -0.39 is 0 Å². The molecule has 0 fully saturated rings. The minimum absolute atomic E-state index is 0.0694. The fourth-order valence-corrected chi connectivity index (χ4v) is 2.98. The van der Waals surface area contributed by atoms with Gasteiger partial charge in [0.25, 0.3) is 0 Å². The summed E-state index contributed by atoms with van der Waals surface area (Å²) in [5.74, 6) is 0.468. The van der Waals surface area contributed by atoms with Crippen molar-refractivity contribution in [2.24, 2.45) is 0 Å². The fourth-order valence-electron chi connectivity index (χ4n) is 2.86. The molecule has 0 atom stereocenters. The quantitative estimate of drug-likeness (QED) is 0.511. The second kappa shape index (κ2) is 7.32. The van der Waals surface area contributed by atoms with Crippen molar-refractivity contribution in [2.45, 2.75) is 6.92 Å². The number of fused-ring (bicyclic) bond motifs is 1. The number of benzene rings is 2. The molecule has 0 amide bonds. The van der Waals surface area contributed by atoms with E-state index in [0.29, 0.717) is 21.7 Å². The van der Waals surface area contributed by atoms with Crippen molar-refractivity contribution >= 4 is 33.9 Å². The Labute approximate surface area is 167 Å². The van der Waals surface area contributed by atoms with Crippen LogP contribution in [0.1, 0.15) is 5.56 Å². The third-order valence-electron chi connectivity index (χ3n) is 4.42. The van der Waals surface area contributed by atoms with Gasteiger partial charge in [-0.05, 0) is 61.0 Å². The smallest absolute Gasteiger partial charge is 0.325 e. The van der Waals surface area contributed by atoms with Crippen molar-refractivity contribution < 1.29 is 9.84 Å². The molecule has 4 rings (SSSR count). The van der Waals surface area contributed by atoms with Gasteiger partial charge in [0, 0.05) is 29.6 Å². The fraction of sp³-hybridized carbons (Fsp3) is 0.0952. The van der Waals surface area contributed by atoms with Gasteiger partial charge in [-0.1, -0.05) is 11.6 Å². The third kappa shape index (κ3) is 3.54. The average molecular weight is 393 g/mol. The zero-order valence-corrected chi connectivity index (χ0v) is 16.1. The summed E-state index contributed by atoms with van der Waals surface area (Å²) in [5.41, 5.74) is 3.45. The molecule has 2 aromatic carbocycles. The maximum atomic E-state index is 10.1. The lowest BCUT2D eigenvalue weighted by atomic mass is 10.1. The summed E-state index contributed by atoms with van der Waals surface area (Å²) >= 11 is 5.96. The second-order valence-corrected chi connectivity index (χ2v) is 6.75. The van der Waals surface area contributed by atoms with E-state index in [1.165, 1.54) is 0 Å². The predicted octanol–water partition coefficient (Wildman–Crippen LogP) is 5.25. The van der Waals surface area contributed by atoms with Gasteiger partial charge < -0.3 is 14.7 Å². The number of ether oxygens (including phenoxy) is 1. The number of aryl methyl sites for hydroxylation is 1. The standard InChI is InChI=1S/C21H17ClN4O2/c1-13-11-16(26(2)15-5-3-14(22)4-6-15)7-8-19(13)28-21-24-18-12-23-10-9-17(18)20(27)25-21/h3-12H,1-2H3,(H,24,25,27). The van der Waals surface area contributed by atoms with E-state index in [-0.39, 0.29) is 11.9 Å². The lowest BCUT2D eigenvalue weighted by Gasteiger charge is -2.21. The molecular formula is C21H17ClN4O2. The normalized spacial score (nSPS) is 10.8. The largest absolute Gasteiger partial charge is 0.493 e. The molecule has 0 unspecified atom stereocenters. The molecule has 0 bridgehead atoms. The summed E-state index contributed by atoms with van der Waals surface area (Å²) < 4.78 is 5.81. The van der Waals surface area contributed by atoms with Crippen LogP contribution in [0.3, 0.4) is 0 Å². The summed E-state index contributed by atoms with van der Waals surface area (Å²) in [6, 6.07) is 15.2. The molecule has 4 aromatic rings. The molecule has 0 radical (unpaired) electrons.